The van der Waals surface area contributed by atoms with Gasteiger partial charge in [-0.25, -0.2) is 0 Å². The number of aromatic nitrogens is 4. The Morgan fingerprint density at radius 1 is 1.70 bits per heavy atom. The predicted octanol–water partition coefficient (Wildman–Crippen LogP) is 1.41. The van der Waals surface area contributed by atoms with Crippen LogP contribution in [-0.2, 0) is 6.73 Å². The van der Waals surface area contributed by atoms with Crippen molar-refractivity contribution in [2.24, 2.45) is 0 Å². The van der Waals surface area contributed by atoms with Gasteiger partial charge in [0, 0.05) is 25.5 Å². The number of aliphatic hydroxyl groups is 1. The average molecular weight is 216 g/mol. The van der Waals surface area contributed by atoms with Crippen molar-refractivity contribution in [1.82, 2.24) is 17.6 Å². The van der Waals surface area contributed by atoms with Crippen LogP contribution in [0.1, 0.15) is 0 Å². The van der Waals surface area contributed by atoms with Gasteiger partial charge in [0.15, 0.2) is 0 Å². The van der Waals surface area contributed by atoms with Crippen molar-refractivity contribution >= 4 is 34.0 Å². The molecule has 3 unspecified atom stereocenters. The molecule has 10 heavy (non-hydrogen) atoms. The van der Waals surface area contributed by atoms with Crippen molar-refractivity contribution < 1.29 is 5.11 Å². The van der Waals surface area contributed by atoms with E-state index in [9.17, 15) is 0 Å². The number of H-pyrrole nitrogens is 2. The Balaban J connectivity index is 2.99. The Hall–Kier alpha value is 0.360. The maximum Gasteiger partial charge on any atom is 0.138 e. The quantitative estimate of drug-likeness (QED) is 0.664. The van der Waals surface area contributed by atoms with E-state index in [4.69, 9.17) is 5.11 Å². The number of aliphatic hydroxyl groups excluding tert-OH is 1. The summed E-state index contributed by atoms with van der Waals surface area (Å²) >= 11 is 0. The molecular weight excluding hydrogens is 208 g/mol. The summed E-state index contributed by atoms with van der Waals surface area (Å²) in [6.07, 6.45) is 0. The molecule has 1 aromatic heterocycles. The standard InChI is InChI=1S/CH8N4OP4/c6-1-5-9-3-7-2-8-4-10-5/h3,6-7,9-10H,1H2,(H,2,4). The molecule has 1 rings (SSSR count). The highest BCUT2D eigenvalue weighted by Gasteiger charge is 1.74. The maximum absolute atomic E-state index is 8.73. The van der Waals surface area contributed by atoms with Gasteiger partial charge in [-0.05, 0) is 0 Å². The van der Waals surface area contributed by atoms with Gasteiger partial charge in [-0.1, -0.05) is 0 Å². The van der Waals surface area contributed by atoms with E-state index in [1.807, 2.05) is 4.09 Å². The van der Waals surface area contributed by atoms with Crippen LogP contribution in [0.25, 0.3) is 0 Å². The summed E-state index contributed by atoms with van der Waals surface area (Å²) in [5.74, 6) is 0. The van der Waals surface area contributed by atoms with Crippen LogP contribution in [-0.4, -0.2) is 22.7 Å². The molecule has 0 aliphatic rings. The number of rotatable bonds is 1. The van der Waals surface area contributed by atoms with E-state index in [0.717, 1.165) is 8.51 Å². The molecule has 3 N–H and O–H groups in total. The minimum atomic E-state index is 0.0907. The van der Waals surface area contributed by atoms with Crippen LogP contribution in [0.3, 0.4) is 0 Å². The number of aromatic amines is 2. The summed E-state index contributed by atoms with van der Waals surface area (Å²) < 4.78 is 12.2. The fraction of sp³-hybridized carbons (Fsp3) is 1.00. The Bertz CT molecular complexity index is 211. The first kappa shape index (κ1) is 8.46. The second kappa shape index (κ2) is 5.07. The second-order valence-corrected chi connectivity index (χ2v) is 6.44. The van der Waals surface area contributed by atoms with Gasteiger partial charge >= 0.3 is 0 Å². The van der Waals surface area contributed by atoms with Gasteiger partial charge in [0.05, 0.1) is 0 Å². The van der Waals surface area contributed by atoms with Crippen LogP contribution in [0, 0.1) is 0 Å². The Labute approximate surface area is 64.2 Å². The molecule has 0 aromatic carbocycles. The molecule has 0 saturated heterocycles. The first-order valence-electron chi connectivity index (χ1n) is 2.48. The van der Waals surface area contributed by atoms with E-state index >= 15 is 0 Å². The minimum absolute atomic E-state index is 0.0907. The second-order valence-electron chi connectivity index (χ2n) is 1.34. The van der Waals surface area contributed by atoms with Crippen LogP contribution in [0.15, 0.2) is 0 Å². The third kappa shape index (κ3) is 2.96. The van der Waals surface area contributed by atoms with Crippen LogP contribution in [0.4, 0.5) is 0 Å². The molecule has 9 heteroatoms. The van der Waals surface area contributed by atoms with Gasteiger partial charge in [0.1, 0.15) is 15.2 Å². The van der Waals surface area contributed by atoms with E-state index in [0.29, 0.717) is 25.5 Å². The lowest BCUT2D eigenvalue weighted by atomic mass is 11.4. The predicted molar refractivity (Wildman–Crippen MR) is 49.4 cm³/mol. The molecule has 3 atom stereocenters. The summed E-state index contributed by atoms with van der Waals surface area (Å²) in [6, 6.07) is 0. The number of nitrogens with one attached hydrogen (secondary N) is 2. The first-order chi connectivity index (χ1) is 4.93. The zero-order chi connectivity index (χ0) is 7.23. The summed E-state index contributed by atoms with van der Waals surface area (Å²) in [4.78, 5) is 0. The fourth-order valence-electron chi connectivity index (χ4n) is 0.342. The molecule has 0 aliphatic carbocycles. The molecule has 0 radical (unpaired) electrons. The van der Waals surface area contributed by atoms with Crippen molar-refractivity contribution in [3.63, 3.8) is 0 Å². The normalized spacial score (nSPS) is 12.1. The van der Waals surface area contributed by atoms with E-state index in [2.05, 4.69) is 13.5 Å². The van der Waals surface area contributed by atoms with Crippen molar-refractivity contribution in [3.8, 4) is 0 Å². The number of hydrogen-bond donors (Lipinski definition) is 3. The van der Waals surface area contributed by atoms with Crippen molar-refractivity contribution in [2.45, 2.75) is 6.73 Å². The third-order valence-corrected chi connectivity index (χ3v) is 4.70. The molecule has 1 aromatic rings. The van der Waals surface area contributed by atoms with Crippen LogP contribution >= 0.6 is 34.0 Å². The highest BCUT2D eigenvalue weighted by atomic mass is 31.1. The van der Waals surface area contributed by atoms with Gasteiger partial charge < -0.3 is 14.1 Å². The topological polar surface area (TPSA) is 69.6 Å². The molecule has 0 amide bonds. The summed E-state index contributed by atoms with van der Waals surface area (Å²) in [5, 5.41) is 8.73. The van der Waals surface area contributed by atoms with E-state index in [1.54, 1.807) is 0 Å². The number of hydrogen-bond acceptors (Lipinski definition) is 2. The summed E-state index contributed by atoms with van der Waals surface area (Å²) in [5.41, 5.74) is 0. The molecule has 0 aliphatic heterocycles. The largest absolute Gasteiger partial charge is 0.375 e. The smallest absolute Gasteiger partial charge is 0.138 e. The molecule has 0 fully saturated rings. The first-order valence-corrected chi connectivity index (χ1v) is 6.17. The Morgan fingerprint density at radius 3 is 3.40 bits per heavy atom. The highest BCUT2D eigenvalue weighted by Crippen LogP contribution is 2.08. The Kier molecular flexibility index (Phi) is 4.29. The van der Waals surface area contributed by atoms with Crippen molar-refractivity contribution in [3.05, 3.63) is 0 Å². The molecule has 58 valence electrons. The van der Waals surface area contributed by atoms with Crippen molar-refractivity contribution in [2.75, 3.05) is 0 Å². The monoisotopic (exact) mass is 216 g/mol. The molecule has 0 bridgehead atoms. The van der Waals surface area contributed by atoms with Gasteiger partial charge in [-0.2, -0.15) is 4.51 Å². The lowest BCUT2D eigenvalue weighted by Gasteiger charge is -1.94. The Morgan fingerprint density at radius 2 is 2.60 bits per heavy atom. The highest BCUT2D eigenvalue weighted by molar-refractivity contribution is 7.44. The maximum atomic E-state index is 8.73. The molecule has 5 nitrogen and oxygen atoms in total. The van der Waals surface area contributed by atoms with Gasteiger partial charge in [-0.15, -0.1) is 0 Å². The molecule has 0 spiro atoms. The third-order valence-electron chi connectivity index (χ3n) is 0.716. The zero-order valence-corrected chi connectivity index (χ0v) is 8.89. The van der Waals surface area contributed by atoms with Gasteiger partial charge in [0.25, 0.3) is 0 Å². The van der Waals surface area contributed by atoms with Crippen LogP contribution in [0.2, 0.25) is 0 Å². The SMILES string of the molecule is OCn1[pH]np[nH][pH][nH][pH]1. The van der Waals surface area contributed by atoms with Gasteiger partial charge in [-0.3, -0.25) is 4.09 Å². The lowest BCUT2D eigenvalue weighted by Crippen LogP contribution is -1.83. The molecular formula is CH8N4OP4. The van der Waals surface area contributed by atoms with Crippen LogP contribution in [0.5, 0.6) is 0 Å². The van der Waals surface area contributed by atoms with E-state index < -0.39 is 0 Å². The van der Waals surface area contributed by atoms with Crippen molar-refractivity contribution in [1.29, 1.82) is 0 Å². The fourth-order valence-corrected chi connectivity index (χ4v) is 4.53. The van der Waals surface area contributed by atoms with E-state index in [1.165, 1.54) is 0 Å². The molecule has 1 heterocycles. The average Bonchev–Trinajstić information content (AvgIpc) is 1.87. The van der Waals surface area contributed by atoms with E-state index in [-0.39, 0.29) is 6.73 Å². The molecule has 0 saturated carbocycles. The zero-order valence-electron chi connectivity index (χ0n) is 5.00. The summed E-state index contributed by atoms with van der Waals surface area (Å²) in [7, 11) is 2.29. The van der Waals surface area contributed by atoms with Gasteiger partial charge in [0.2, 0.25) is 0 Å². The minimum Gasteiger partial charge on any atom is -0.375 e. The summed E-state index contributed by atoms with van der Waals surface area (Å²) in [6.45, 7) is 0.0907. The lowest BCUT2D eigenvalue weighted by molar-refractivity contribution is 0.232. The van der Waals surface area contributed by atoms with Crippen LogP contribution < -0.4 is 0 Å². The number of nitrogens with zero attached hydrogens (tertiary/aromatic N) is 2.